The fraction of sp³-hybridized carbons (Fsp3) is 0. The van der Waals surface area contributed by atoms with Crippen LogP contribution in [0.5, 0.6) is 5.75 Å². The van der Waals surface area contributed by atoms with Gasteiger partial charge in [0.25, 0.3) is 5.91 Å². The number of carboxylic acid groups (broad SMARTS) is 1. The number of carbonyl (C=O) groups is 2. The third-order valence-corrected chi connectivity index (χ3v) is 2.48. The maximum absolute atomic E-state index is 13.4. The Kier molecular flexibility index (Phi) is 3.60. The summed E-state index contributed by atoms with van der Waals surface area (Å²) in [5.41, 5.74) is -1.16. The number of anilines is 1. The van der Waals surface area contributed by atoms with Gasteiger partial charge in [0.2, 0.25) is 0 Å². The molecule has 1 amide bonds. The number of rotatable bonds is 3. The highest BCUT2D eigenvalue weighted by molar-refractivity contribution is 6.08. The Morgan fingerprint density at radius 3 is 2.60 bits per heavy atom. The SMILES string of the molecule is O=C(Nc1cccc(F)c1C(=O)O)c1ncccc1O. The van der Waals surface area contributed by atoms with Crippen molar-refractivity contribution in [2.45, 2.75) is 0 Å². The molecule has 0 radical (unpaired) electrons. The molecular weight excluding hydrogens is 267 g/mol. The lowest BCUT2D eigenvalue weighted by molar-refractivity contribution is 0.0693. The van der Waals surface area contributed by atoms with Crippen LogP contribution in [0.15, 0.2) is 36.5 Å². The summed E-state index contributed by atoms with van der Waals surface area (Å²) in [5, 5.41) is 20.6. The summed E-state index contributed by atoms with van der Waals surface area (Å²) in [6.45, 7) is 0. The number of benzene rings is 1. The van der Waals surface area contributed by atoms with Gasteiger partial charge in [-0.1, -0.05) is 6.07 Å². The average molecular weight is 276 g/mol. The Bertz CT molecular complexity index is 688. The predicted octanol–water partition coefficient (Wildman–Crippen LogP) is 1.88. The quantitative estimate of drug-likeness (QED) is 0.794. The van der Waals surface area contributed by atoms with Crippen molar-refractivity contribution in [2.75, 3.05) is 5.32 Å². The van der Waals surface area contributed by atoms with Gasteiger partial charge in [-0.05, 0) is 24.3 Å². The molecule has 0 unspecified atom stereocenters. The Hall–Kier alpha value is -2.96. The Morgan fingerprint density at radius 1 is 1.20 bits per heavy atom. The minimum Gasteiger partial charge on any atom is -0.505 e. The number of carboxylic acids is 1. The van der Waals surface area contributed by atoms with Crippen LogP contribution in [0.3, 0.4) is 0 Å². The smallest absolute Gasteiger partial charge is 0.340 e. The highest BCUT2D eigenvalue weighted by Crippen LogP contribution is 2.21. The zero-order chi connectivity index (χ0) is 14.7. The van der Waals surface area contributed by atoms with E-state index in [-0.39, 0.29) is 17.1 Å². The number of nitrogens with zero attached hydrogens (tertiary/aromatic N) is 1. The molecule has 0 saturated heterocycles. The Morgan fingerprint density at radius 2 is 1.95 bits per heavy atom. The van der Waals surface area contributed by atoms with Crippen molar-refractivity contribution in [1.29, 1.82) is 0 Å². The molecule has 102 valence electrons. The maximum atomic E-state index is 13.4. The number of aromatic hydroxyl groups is 1. The van der Waals surface area contributed by atoms with Crippen LogP contribution in [0, 0.1) is 5.82 Å². The van der Waals surface area contributed by atoms with E-state index in [1.807, 2.05) is 0 Å². The molecule has 1 heterocycles. The maximum Gasteiger partial charge on any atom is 0.340 e. The topological polar surface area (TPSA) is 99.5 Å². The first-order valence-electron chi connectivity index (χ1n) is 5.48. The molecule has 0 spiro atoms. The summed E-state index contributed by atoms with van der Waals surface area (Å²) in [6, 6.07) is 6.15. The third-order valence-electron chi connectivity index (χ3n) is 2.48. The molecule has 0 aliphatic rings. The average Bonchev–Trinajstić information content (AvgIpc) is 2.38. The number of aromatic carboxylic acids is 1. The van der Waals surface area contributed by atoms with E-state index < -0.39 is 23.3 Å². The van der Waals surface area contributed by atoms with Crippen molar-refractivity contribution in [3.05, 3.63) is 53.6 Å². The number of aromatic nitrogens is 1. The van der Waals surface area contributed by atoms with Crippen LogP contribution < -0.4 is 5.32 Å². The van der Waals surface area contributed by atoms with Gasteiger partial charge in [-0.2, -0.15) is 0 Å². The van der Waals surface area contributed by atoms with E-state index in [9.17, 15) is 19.1 Å². The van der Waals surface area contributed by atoms with Crippen molar-refractivity contribution in [1.82, 2.24) is 4.98 Å². The van der Waals surface area contributed by atoms with E-state index in [0.717, 1.165) is 6.07 Å². The van der Waals surface area contributed by atoms with Gasteiger partial charge >= 0.3 is 5.97 Å². The lowest BCUT2D eigenvalue weighted by Gasteiger charge is -2.09. The Labute approximate surface area is 112 Å². The minimum absolute atomic E-state index is 0.215. The van der Waals surface area contributed by atoms with Crippen molar-refractivity contribution >= 4 is 17.6 Å². The second kappa shape index (κ2) is 5.35. The molecule has 3 N–H and O–H groups in total. The van der Waals surface area contributed by atoms with Gasteiger partial charge in [0.1, 0.15) is 17.1 Å². The highest BCUT2D eigenvalue weighted by Gasteiger charge is 2.19. The number of hydrogen-bond donors (Lipinski definition) is 3. The minimum atomic E-state index is -1.51. The number of amides is 1. The standard InChI is InChI=1S/C13H9FN2O4/c14-7-3-1-4-8(10(7)13(19)20)16-12(18)11-9(17)5-2-6-15-11/h1-6,17H,(H,16,18)(H,19,20). The first-order valence-corrected chi connectivity index (χ1v) is 5.48. The van der Waals surface area contributed by atoms with Crippen molar-refractivity contribution in [3.63, 3.8) is 0 Å². The number of pyridine rings is 1. The van der Waals surface area contributed by atoms with Crippen LogP contribution in [-0.2, 0) is 0 Å². The zero-order valence-electron chi connectivity index (χ0n) is 10.0. The van der Waals surface area contributed by atoms with E-state index in [2.05, 4.69) is 10.3 Å². The molecule has 0 fully saturated rings. The van der Waals surface area contributed by atoms with Gasteiger partial charge in [-0.15, -0.1) is 0 Å². The van der Waals surface area contributed by atoms with Gasteiger partial charge in [-0.3, -0.25) is 4.79 Å². The zero-order valence-corrected chi connectivity index (χ0v) is 10.0. The van der Waals surface area contributed by atoms with Crippen LogP contribution in [0.4, 0.5) is 10.1 Å². The number of nitrogens with one attached hydrogen (secondary N) is 1. The van der Waals surface area contributed by atoms with Crippen LogP contribution in [-0.4, -0.2) is 27.1 Å². The summed E-state index contributed by atoms with van der Waals surface area (Å²) >= 11 is 0. The second-order valence-electron chi connectivity index (χ2n) is 3.79. The molecule has 0 atom stereocenters. The monoisotopic (exact) mass is 276 g/mol. The first-order chi connectivity index (χ1) is 9.50. The van der Waals surface area contributed by atoms with Crippen molar-refractivity contribution < 1.29 is 24.2 Å². The van der Waals surface area contributed by atoms with E-state index in [1.165, 1.54) is 30.5 Å². The summed E-state index contributed by atoms with van der Waals surface area (Å²) in [6.07, 6.45) is 1.29. The summed E-state index contributed by atoms with van der Waals surface area (Å²) < 4.78 is 13.4. The molecule has 0 saturated carbocycles. The summed E-state index contributed by atoms with van der Waals surface area (Å²) in [5.74, 6) is -3.68. The van der Waals surface area contributed by atoms with Crippen LogP contribution in [0.2, 0.25) is 0 Å². The van der Waals surface area contributed by atoms with Crippen LogP contribution >= 0.6 is 0 Å². The molecule has 2 aromatic rings. The van der Waals surface area contributed by atoms with Gasteiger partial charge in [0, 0.05) is 6.20 Å². The lowest BCUT2D eigenvalue weighted by atomic mass is 10.1. The predicted molar refractivity (Wildman–Crippen MR) is 67.2 cm³/mol. The van der Waals surface area contributed by atoms with Crippen LogP contribution in [0.25, 0.3) is 0 Å². The molecule has 6 nitrogen and oxygen atoms in total. The largest absolute Gasteiger partial charge is 0.505 e. The molecular formula is C13H9FN2O4. The lowest BCUT2D eigenvalue weighted by Crippen LogP contribution is -2.17. The molecule has 1 aromatic carbocycles. The molecule has 0 aliphatic carbocycles. The van der Waals surface area contributed by atoms with Gasteiger partial charge in [0.15, 0.2) is 5.69 Å². The summed E-state index contributed by atoms with van der Waals surface area (Å²) in [4.78, 5) is 26.5. The van der Waals surface area contributed by atoms with Gasteiger partial charge in [0.05, 0.1) is 5.69 Å². The van der Waals surface area contributed by atoms with Crippen molar-refractivity contribution in [2.24, 2.45) is 0 Å². The van der Waals surface area contributed by atoms with E-state index in [1.54, 1.807) is 0 Å². The van der Waals surface area contributed by atoms with Crippen LogP contribution in [0.1, 0.15) is 20.8 Å². The molecule has 0 bridgehead atoms. The van der Waals surface area contributed by atoms with E-state index in [4.69, 9.17) is 5.11 Å². The number of hydrogen-bond acceptors (Lipinski definition) is 4. The summed E-state index contributed by atoms with van der Waals surface area (Å²) in [7, 11) is 0. The Balaban J connectivity index is 2.36. The molecule has 0 aliphatic heterocycles. The second-order valence-corrected chi connectivity index (χ2v) is 3.79. The molecule has 7 heteroatoms. The highest BCUT2D eigenvalue weighted by atomic mass is 19.1. The van der Waals surface area contributed by atoms with Gasteiger partial charge in [-0.25, -0.2) is 14.2 Å². The van der Waals surface area contributed by atoms with Gasteiger partial charge < -0.3 is 15.5 Å². The van der Waals surface area contributed by atoms with E-state index in [0.29, 0.717) is 0 Å². The fourth-order valence-electron chi connectivity index (χ4n) is 1.60. The molecule has 1 aromatic heterocycles. The van der Waals surface area contributed by atoms with Crippen molar-refractivity contribution in [3.8, 4) is 5.75 Å². The first kappa shape index (κ1) is 13.5. The number of halogens is 1. The van der Waals surface area contributed by atoms with E-state index >= 15 is 0 Å². The fourth-order valence-corrected chi connectivity index (χ4v) is 1.60. The third kappa shape index (κ3) is 2.56. The number of carbonyl (C=O) groups excluding carboxylic acids is 1. The molecule has 2 rings (SSSR count). The normalized spacial score (nSPS) is 10.1. The molecule has 20 heavy (non-hydrogen) atoms.